The molecule has 1 aromatic carbocycles. The first kappa shape index (κ1) is 22.3. The summed E-state index contributed by atoms with van der Waals surface area (Å²) < 4.78 is 10.6. The second-order valence-corrected chi connectivity index (χ2v) is 7.40. The average Bonchev–Trinajstić information content (AvgIpc) is 3.33. The number of methoxy groups -OCH3 is 2. The summed E-state index contributed by atoms with van der Waals surface area (Å²) in [5, 5.41) is 0. The van der Waals surface area contributed by atoms with Crippen LogP contribution in [0.15, 0.2) is 18.2 Å². The van der Waals surface area contributed by atoms with Gasteiger partial charge in [0.1, 0.15) is 17.5 Å². The minimum absolute atomic E-state index is 0. The first-order valence-corrected chi connectivity index (χ1v) is 9.53. The number of carbonyl (C=O) groups is 2. The molecule has 8 heteroatoms. The zero-order valence-corrected chi connectivity index (χ0v) is 17.5. The predicted molar refractivity (Wildman–Crippen MR) is 109 cm³/mol. The molecule has 28 heavy (non-hydrogen) atoms. The number of ether oxygens (including phenoxy) is 2. The van der Waals surface area contributed by atoms with Crippen LogP contribution in [0.4, 0.5) is 0 Å². The molecule has 2 amide bonds. The Kier molecular flexibility index (Phi) is 7.55. The molecule has 0 saturated carbocycles. The smallest absolute Gasteiger partial charge is 0.258 e. The molecule has 2 aliphatic rings. The minimum atomic E-state index is -0.414. The van der Waals surface area contributed by atoms with Crippen molar-refractivity contribution in [1.82, 2.24) is 9.80 Å². The Morgan fingerprint density at radius 3 is 2.57 bits per heavy atom. The van der Waals surface area contributed by atoms with Gasteiger partial charge in [-0.3, -0.25) is 9.59 Å². The van der Waals surface area contributed by atoms with Crippen molar-refractivity contribution in [3.8, 4) is 11.5 Å². The zero-order valence-electron chi connectivity index (χ0n) is 16.7. The molecular weight excluding hydrogens is 382 g/mol. The molecule has 0 spiro atoms. The zero-order chi connectivity index (χ0) is 19.6. The van der Waals surface area contributed by atoms with Gasteiger partial charge in [-0.25, -0.2) is 0 Å². The minimum Gasteiger partial charge on any atom is -0.497 e. The molecule has 3 unspecified atom stereocenters. The van der Waals surface area contributed by atoms with Gasteiger partial charge in [0.15, 0.2) is 0 Å². The van der Waals surface area contributed by atoms with Crippen LogP contribution in [0.2, 0.25) is 0 Å². The van der Waals surface area contributed by atoms with Crippen molar-refractivity contribution in [2.45, 2.75) is 38.3 Å². The van der Waals surface area contributed by atoms with Gasteiger partial charge in [-0.2, -0.15) is 0 Å². The third-order valence-corrected chi connectivity index (χ3v) is 5.72. The van der Waals surface area contributed by atoms with E-state index in [4.69, 9.17) is 15.2 Å². The third-order valence-electron chi connectivity index (χ3n) is 5.72. The van der Waals surface area contributed by atoms with Crippen LogP contribution < -0.4 is 15.2 Å². The quantitative estimate of drug-likeness (QED) is 0.800. The Balaban J connectivity index is 0.00000280. The lowest BCUT2D eigenvalue weighted by molar-refractivity contribution is -0.135. The maximum atomic E-state index is 13.2. The highest BCUT2D eigenvalue weighted by atomic mass is 35.5. The fraction of sp³-hybridized carbons (Fsp3) is 0.600. The molecule has 2 saturated heterocycles. The van der Waals surface area contributed by atoms with E-state index in [0.29, 0.717) is 49.0 Å². The molecule has 3 rings (SSSR count). The van der Waals surface area contributed by atoms with E-state index in [-0.39, 0.29) is 30.3 Å². The molecule has 2 heterocycles. The number of amides is 2. The van der Waals surface area contributed by atoms with Gasteiger partial charge in [0.2, 0.25) is 5.91 Å². The summed E-state index contributed by atoms with van der Waals surface area (Å²) in [4.78, 5) is 29.9. The van der Waals surface area contributed by atoms with Gasteiger partial charge in [-0.15, -0.1) is 12.4 Å². The van der Waals surface area contributed by atoms with E-state index in [1.807, 2.05) is 4.90 Å². The Bertz CT molecular complexity index is 715. The highest BCUT2D eigenvalue weighted by Gasteiger charge is 2.41. The number of benzene rings is 1. The summed E-state index contributed by atoms with van der Waals surface area (Å²) in [5.41, 5.74) is 6.24. The Labute approximate surface area is 172 Å². The number of hydrogen-bond acceptors (Lipinski definition) is 5. The third kappa shape index (κ3) is 4.20. The van der Waals surface area contributed by atoms with Crippen LogP contribution in [-0.4, -0.2) is 67.6 Å². The van der Waals surface area contributed by atoms with Crippen molar-refractivity contribution in [2.75, 3.05) is 33.9 Å². The Morgan fingerprint density at radius 2 is 1.96 bits per heavy atom. The van der Waals surface area contributed by atoms with Crippen molar-refractivity contribution in [2.24, 2.45) is 11.7 Å². The number of nitrogens with two attached hydrogens (primary N) is 1. The molecule has 2 fully saturated rings. The molecular formula is C20H30ClN3O4. The van der Waals surface area contributed by atoms with Crippen molar-refractivity contribution in [3.63, 3.8) is 0 Å². The summed E-state index contributed by atoms with van der Waals surface area (Å²) in [7, 11) is 3.09. The summed E-state index contributed by atoms with van der Waals surface area (Å²) >= 11 is 0. The molecule has 156 valence electrons. The van der Waals surface area contributed by atoms with Crippen molar-refractivity contribution >= 4 is 24.2 Å². The fourth-order valence-corrected chi connectivity index (χ4v) is 4.21. The number of halogens is 1. The van der Waals surface area contributed by atoms with Crippen molar-refractivity contribution in [1.29, 1.82) is 0 Å². The monoisotopic (exact) mass is 411 g/mol. The van der Waals surface area contributed by atoms with E-state index < -0.39 is 6.04 Å². The Hall–Kier alpha value is -1.99. The van der Waals surface area contributed by atoms with Crippen LogP contribution >= 0.6 is 12.4 Å². The fourth-order valence-electron chi connectivity index (χ4n) is 4.21. The number of nitrogens with zero attached hydrogens (tertiary/aromatic N) is 2. The van der Waals surface area contributed by atoms with E-state index in [9.17, 15) is 9.59 Å². The number of rotatable bonds is 5. The number of carbonyl (C=O) groups excluding carboxylic acids is 2. The lowest BCUT2D eigenvalue weighted by atomic mass is 10.1. The maximum absolute atomic E-state index is 13.2. The van der Waals surface area contributed by atoms with Crippen molar-refractivity contribution < 1.29 is 19.1 Å². The van der Waals surface area contributed by atoms with Crippen molar-refractivity contribution in [3.05, 3.63) is 23.8 Å². The molecule has 1 aromatic rings. The normalized spacial score (nSPS) is 24.1. The molecule has 0 aliphatic carbocycles. The van der Waals surface area contributed by atoms with Crippen LogP contribution in [0.25, 0.3) is 0 Å². The lowest BCUT2D eigenvalue weighted by Gasteiger charge is -2.30. The topological polar surface area (TPSA) is 85.1 Å². The highest BCUT2D eigenvalue weighted by Crippen LogP contribution is 2.31. The molecule has 3 atom stereocenters. The molecule has 0 bridgehead atoms. The van der Waals surface area contributed by atoms with E-state index >= 15 is 0 Å². The SMILES string of the molecule is COc1ccc(C(=O)N2CCCC2C(=O)N2CC(CN)CC2C)c(OC)c1.Cl. The van der Waals surface area contributed by atoms with E-state index in [1.165, 1.54) is 7.11 Å². The first-order chi connectivity index (χ1) is 13.0. The van der Waals surface area contributed by atoms with Gasteiger partial charge in [-0.1, -0.05) is 0 Å². The van der Waals surface area contributed by atoms with E-state index in [1.54, 1.807) is 30.2 Å². The van der Waals surface area contributed by atoms with Gasteiger partial charge < -0.3 is 25.0 Å². The van der Waals surface area contributed by atoms with Gasteiger partial charge in [0.05, 0.1) is 19.8 Å². The number of likely N-dealkylation sites (tertiary alicyclic amines) is 2. The summed E-state index contributed by atoms with van der Waals surface area (Å²) in [6, 6.07) is 4.87. The summed E-state index contributed by atoms with van der Waals surface area (Å²) in [6.45, 7) is 3.90. The first-order valence-electron chi connectivity index (χ1n) is 9.53. The summed E-state index contributed by atoms with van der Waals surface area (Å²) in [5.74, 6) is 1.28. The predicted octanol–water partition coefficient (Wildman–Crippen LogP) is 1.93. The van der Waals surface area contributed by atoms with Crippen LogP contribution in [0, 0.1) is 5.92 Å². The molecule has 2 aliphatic heterocycles. The highest BCUT2D eigenvalue weighted by molar-refractivity contribution is 6.00. The van der Waals surface area contributed by atoms with E-state index in [2.05, 4.69) is 6.92 Å². The molecule has 0 radical (unpaired) electrons. The average molecular weight is 412 g/mol. The maximum Gasteiger partial charge on any atom is 0.258 e. The van der Waals surface area contributed by atoms with Crippen LogP contribution in [0.5, 0.6) is 11.5 Å². The van der Waals surface area contributed by atoms with Gasteiger partial charge in [0.25, 0.3) is 5.91 Å². The van der Waals surface area contributed by atoms with Gasteiger partial charge in [-0.05, 0) is 50.8 Å². The molecule has 2 N–H and O–H groups in total. The second kappa shape index (κ2) is 9.47. The van der Waals surface area contributed by atoms with Crippen LogP contribution in [-0.2, 0) is 4.79 Å². The standard InChI is InChI=1S/C20H29N3O4.ClH/c1-13-9-14(11-21)12-23(13)20(25)17-5-4-8-22(17)19(24)16-7-6-15(26-2)10-18(16)27-3;/h6-7,10,13-14,17H,4-5,8-9,11-12,21H2,1-3H3;1H. The Morgan fingerprint density at radius 1 is 1.21 bits per heavy atom. The van der Waals surface area contributed by atoms with Crippen LogP contribution in [0.1, 0.15) is 36.5 Å². The lowest BCUT2D eigenvalue weighted by Crippen LogP contribution is -2.49. The van der Waals surface area contributed by atoms with Gasteiger partial charge in [0, 0.05) is 25.2 Å². The van der Waals surface area contributed by atoms with Crippen LogP contribution in [0.3, 0.4) is 0 Å². The summed E-state index contributed by atoms with van der Waals surface area (Å²) in [6.07, 6.45) is 2.44. The van der Waals surface area contributed by atoms with E-state index in [0.717, 1.165) is 12.8 Å². The molecule has 0 aromatic heterocycles. The number of hydrogen-bond donors (Lipinski definition) is 1. The largest absolute Gasteiger partial charge is 0.497 e. The second-order valence-electron chi connectivity index (χ2n) is 7.40. The molecule has 7 nitrogen and oxygen atoms in total. The van der Waals surface area contributed by atoms with Gasteiger partial charge >= 0.3 is 0 Å².